The van der Waals surface area contributed by atoms with Crippen molar-refractivity contribution in [1.29, 1.82) is 0 Å². The van der Waals surface area contributed by atoms with Crippen LogP contribution in [0.1, 0.15) is 24.3 Å². The van der Waals surface area contributed by atoms with E-state index in [1.807, 2.05) is 30.5 Å². The molecule has 0 bridgehead atoms. The van der Waals surface area contributed by atoms with Crippen LogP contribution in [0.3, 0.4) is 0 Å². The number of aryl methyl sites for hydroxylation is 1. The summed E-state index contributed by atoms with van der Waals surface area (Å²) in [5, 5.41) is 6.80. The van der Waals surface area contributed by atoms with E-state index in [2.05, 4.69) is 15.2 Å². The first-order valence-corrected chi connectivity index (χ1v) is 10.3. The molecule has 29 heavy (non-hydrogen) atoms. The number of ether oxygens (including phenoxy) is 1. The van der Waals surface area contributed by atoms with Crippen molar-refractivity contribution >= 4 is 41.0 Å². The molecular weight excluding hydrogens is 417 g/mol. The molecule has 152 valence electrons. The van der Waals surface area contributed by atoms with Crippen molar-refractivity contribution < 1.29 is 18.4 Å². The van der Waals surface area contributed by atoms with Crippen molar-refractivity contribution in [1.82, 2.24) is 5.16 Å². The minimum absolute atomic E-state index is 0.186. The van der Waals surface area contributed by atoms with Gasteiger partial charge in [-0.1, -0.05) is 34.8 Å². The lowest BCUT2D eigenvalue weighted by molar-refractivity contribution is 0.121. The van der Waals surface area contributed by atoms with Gasteiger partial charge in [-0.3, -0.25) is 5.32 Å². The summed E-state index contributed by atoms with van der Waals surface area (Å²) in [4.78, 5) is 12.4. The monoisotopic (exact) mass is 435 g/mol. The summed E-state index contributed by atoms with van der Waals surface area (Å²) in [6.07, 6.45) is 0.552. The maximum absolute atomic E-state index is 13.2. The quantitative estimate of drug-likeness (QED) is 0.434. The van der Waals surface area contributed by atoms with E-state index >= 15 is 0 Å². The third-order valence-electron chi connectivity index (χ3n) is 4.14. The molecule has 3 aromatic rings. The van der Waals surface area contributed by atoms with Crippen molar-refractivity contribution in [2.24, 2.45) is 0 Å². The number of aromatic nitrogens is 1. The van der Waals surface area contributed by atoms with Gasteiger partial charge >= 0.3 is 6.09 Å². The number of carbonyl (C=O) groups is 1. The van der Waals surface area contributed by atoms with Crippen LogP contribution in [0.15, 0.2) is 47.0 Å². The first-order chi connectivity index (χ1) is 13.9. The Balaban J connectivity index is 1.74. The van der Waals surface area contributed by atoms with Gasteiger partial charge in [-0.15, -0.1) is 0 Å². The SMILES string of the molecule is CSNc1ccc(-c2onc(C)c2NC(=O)OC(C)c2ccc(F)cc2Cl)cc1. The molecule has 0 saturated carbocycles. The largest absolute Gasteiger partial charge is 0.441 e. The van der Waals surface area contributed by atoms with Crippen LogP contribution in [-0.4, -0.2) is 17.5 Å². The Kier molecular flexibility index (Phi) is 6.66. The van der Waals surface area contributed by atoms with Gasteiger partial charge in [0.25, 0.3) is 0 Å². The van der Waals surface area contributed by atoms with Crippen LogP contribution in [-0.2, 0) is 4.74 Å². The lowest BCUT2D eigenvalue weighted by Gasteiger charge is -2.15. The van der Waals surface area contributed by atoms with Crippen molar-refractivity contribution in [3.05, 3.63) is 64.6 Å². The number of hydrogen-bond acceptors (Lipinski definition) is 6. The van der Waals surface area contributed by atoms with E-state index in [0.717, 1.165) is 11.3 Å². The van der Waals surface area contributed by atoms with Crippen molar-refractivity contribution in [2.75, 3.05) is 16.3 Å². The number of benzene rings is 2. The smallest absolute Gasteiger partial charge is 0.412 e. The fourth-order valence-corrected chi connectivity index (χ4v) is 3.40. The molecule has 0 saturated heterocycles. The van der Waals surface area contributed by atoms with Crippen LogP contribution in [0.25, 0.3) is 11.3 Å². The summed E-state index contributed by atoms with van der Waals surface area (Å²) in [6, 6.07) is 11.4. The molecule has 0 fully saturated rings. The molecule has 1 heterocycles. The van der Waals surface area contributed by atoms with Gasteiger partial charge in [-0.2, -0.15) is 0 Å². The van der Waals surface area contributed by atoms with Gasteiger partial charge in [0.2, 0.25) is 0 Å². The number of rotatable bonds is 6. The van der Waals surface area contributed by atoms with Gasteiger partial charge in [0.15, 0.2) is 5.76 Å². The Hall–Kier alpha value is -2.71. The second-order valence-electron chi connectivity index (χ2n) is 6.19. The molecule has 0 aliphatic heterocycles. The van der Waals surface area contributed by atoms with Gasteiger partial charge in [0.05, 0.1) is 5.02 Å². The summed E-state index contributed by atoms with van der Waals surface area (Å²) < 4.78 is 27.1. The van der Waals surface area contributed by atoms with E-state index < -0.39 is 18.0 Å². The van der Waals surface area contributed by atoms with Crippen LogP contribution in [0, 0.1) is 12.7 Å². The highest BCUT2D eigenvalue weighted by molar-refractivity contribution is 7.99. The van der Waals surface area contributed by atoms with Gasteiger partial charge in [0, 0.05) is 23.1 Å². The molecule has 1 unspecified atom stereocenters. The van der Waals surface area contributed by atoms with Crippen LogP contribution < -0.4 is 10.0 Å². The molecule has 0 aliphatic rings. The minimum atomic E-state index is -0.703. The van der Waals surface area contributed by atoms with Crippen LogP contribution in [0.5, 0.6) is 0 Å². The molecule has 1 amide bonds. The first-order valence-electron chi connectivity index (χ1n) is 8.67. The van der Waals surface area contributed by atoms with Crippen LogP contribution >= 0.6 is 23.5 Å². The molecule has 0 aliphatic carbocycles. The number of halogens is 2. The summed E-state index contributed by atoms with van der Waals surface area (Å²) in [5.74, 6) is -0.0403. The molecule has 0 radical (unpaired) electrons. The second kappa shape index (κ2) is 9.19. The third-order valence-corrected chi connectivity index (χ3v) is 4.91. The average molecular weight is 436 g/mol. The van der Waals surface area contributed by atoms with Gasteiger partial charge in [0.1, 0.15) is 23.3 Å². The van der Waals surface area contributed by atoms with Crippen LogP contribution in [0.4, 0.5) is 20.6 Å². The Morgan fingerprint density at radius 3 is 2.66 bits per heavy atom. The molecule has 1 aromatic heterocycles. The zero-order chi connectivity index (χ0) is 21.0. The first kappa shape index (κ1) is 21.0. The summed E-state index contributed by atoms with van der Waals surface area (Å²) in [6.45, 7) is 3.37. The summed E-state index contributed by atoms with van der Waals surface area (Å²) in [5.41, 5.74) is 3.12. The van der Waals surface area contributed by atoms with Gasteiger partial charge < -0.3 is 14.0 Å². The molecule has 3 rings (SSSR count). The molecule has 0 spiro atoms. The average Bonchev–Trinajstić information content (AvgIpc) is 3.03. The predicted octanol–water partition coefficient (Wildman–Crippen LogP) is 6.44. The second-order valence-corrected chi connectivity index (χ2v) is 7.21. The highest BCUT2D eigenvalue weighted by Gasteiger charge is 2.21. The number of anilines is 2. The Labute approximate surface area is 176 Å². The van der Waals surface area contributed by atoms with E-state index in [-0.39, 0.29) is 5.02 Å². The molecule has 2 N–H and O–H groups in total. The maximum Gasteiger partial charge on any atom is 0.412 e. The van der Waals surface area contributed by atoms with Crippen molar-refractivity contribution in [3.8, 4) is 11.3 Å². The third kappa shape index (κ3) is 5.02. The van der Waals surface area contributed by atoms with Crippen molar-refractivity contribution in [3.63, 3.8) is 0 Å². The molecule has 1 atom stereocenters. The van der Waals surface area contributed by atoms with Crippen molar-refractivity contribution in [2.45, 2.75) is 20.0 Å². The molecule has 2 aromatic carbocycles. The fourth-order valence-electron chi connectivity index (χ4n) is 2.71. The molecular formula is C20H19ClFN3O3S. The van der Waals surface area contributed by atoms with Crippen LogP contribution in [0.2, 0.25) is 5.02 Å². The highest BCUT2D eigenvalue weighted by Crippen LogP contribution is 2.33. The number of nitrogens with zero attached hydrogens (tertiary/aromatic N) is 1. The molecule has 9 heteroatoms. The van der Waals surface area contributed by atoms with Gasteiger partial charge in [-0.05, 0) is 50.2 Å². The number of hydrogen-bond donors (Lipinski definition) is 2. The van der Waals surface area contributed by atoms with E-state index in [1.165, 1.54) is 30.1 Å². The van der Waals surface area contributed by atoms with E-state index in [1.54, 1.807) is 13.8 Å². The highest BCUT2D eigenvalue weighted by atomic mass is 35.5. The zero-order valence-corrected chi connectivity index (χ0v) is 17.5. The van der Waals surface area contributed by atoms with Gasteiger partial charge in [-0.25, -0.2) is 9.18 Å². The zero-order valence-electron chi connectivity index (χ0n) is 16.0. The maximum atomic E-state index is 13.2. The summed E-state index contributed by atoms with van der Waals surface area (Å²) in [7, 11) is 0. The number of carbonyl (C=O) groups excluding carboxylic acids is 1. The van der Waals surface area contributed by atoms with E-state index in [0.29, 0.717) is 22.7 Å². The lowest BCUT2D eigenvalue weighted by atomic mass is 10.1. The minimum Gasteiger partial charge on any atom is -0.441 e. The molecule has 6 nitrogen and oxygen atoms in total. The Morgan fingerprint density at radius 1 is 1.28 bits per heavy atom. The predicted molar refractivity (Wildman–Crippen MR) is 114 cm³/mol. The van der Waals surface area contributed by atoms with E-state index in [9.17, 15) is 9.18 Å². The normalized spacial score (nSPS) is 11.8. The number of nitrogens with one attached hydrogen (secondary N) is 2. The Bertz CT molecular complexity index is 1010. The fraction of sp³-hybridized carbons (Fsp3) is 0.200. The van der Waals surface area contributed by atoms with E-state index in [4.69, 9.17) is 20.9 Å². The lowest BCUT2D eigenvalue weighted by Crippen LogP contribution is -2.17. The Morgan fingerprint density at radius 2 is 2.00 bits per heavy atom. The topological polar surface area (TPSA) is 76.4 Å². The number of amides is 1. The standard InChI is InChI=1S/C20H19ClFN3O3S/c1-11-18(19(28-24-11)13-4-7-15(8-5-13)25-29-3)23-20(26)27-12(2)16-9-6-14(22)10-17(16)21/h4-10,12,25H,1-3H3,(H,23,26). The summed E-state index contributed by atoms with van der Waals surface area (Å²) >= 11 is 7.52.